The zero-order valence-electron chi connectivity index (χ0n) is 17.7. The number of rotatable bonds is 7. The minimum absolute atomic E-state index is 0.0247. The molecule has 1 saturated heterocycles. The van der Waals surface area contributed by atoms with Crippen LogP contribution in [0.1, 0.15) is 19.8 Å². The molecule has 0 amide bonds. The summed E-state index contributed by atoms with van der Waals surface area (Å²) in [6.07, 6.45) is -2.10. The molecule has 0 radical (unpaired) electrons. The van der Waals surface area contributed by atoms with Crippen LogP contribution >= 0.6 is 0 Å². The Bertz CT molecular complexity index is 977. The summed E-state index contributed by atoms with van der Waals surface area (Å²) in [6, 6.07) is 5.57. The molecule has 0 bridgehead atoms. The van der Waals surface area contributed by atoms with E-state index in [0.29, 0.717) is 29.4 Å². The number of alkyl halides is 3. The molecule has 1 aliphatic heterocycles. The molecule has 0 saturated carbocycles. The second-order valence-electron chi connectivity index (χ2n) is 8.20. The van der Waals surface area contributed by atoms with Gasteiger partial charge in [0.25, 0.3) is 5.88 Å². The zero-order chi connectivity index (χ0) is 23.5. The van der Waals surface area contributed by atoms with Gasteiger partial charge in [-0.1, -0.05) is 6.92 Å². The highest BCUT2D eigenvalue weighted by Gasteiger charge is 2.32. The van der Waals surface area contributed by atoms with Gasteiger partial charge < -0.3 is 20.1 Å². The number of nitrogens with two attached hydrogens (primary N) is 1. The maximum atomic E-state index is 13.5. The molecule has 0 atom stereocenters. The van der Waals surface area contributed by atoms with Crippen molar-refractivity contribution in [3.63, 3.8) is 0 Å². The summed E-state index contributed by atoms with van der Waals surface area (Å²) in [7, 11) is 1.11. The smallest absolute Gasteiger partial charge is 0.422 e. The van der Waals surface area contributed by atoms with E-state index in [2.05, 4.69) is 16.6 Å². The summed E-state index contributed by atoms with van der Waals surface area (Å²) in [5.74, 6) is -0.0202. The Morgan fingerprint density at radius 2 is 1.94 bits per heavy atom. The number of ether oxygens (including phenoxy) is 2. The number of nitrogens with zero attached hydrogens (tertiary/aromatic N) is 2. The number of halogens is 4. The van der Waals surface area contributed by atoms with Gasteiger partial charge in [0.1, 0.15) is 11.6 Å². The van der Waals surface area contributed by atoms with Crippen molar-refractivity contribution in [3.05, 3.63) is 36.3 Å². The summed E-state index contributed by atoms with van der Waals surface area (Å²) in [4.78, 5) is 5.69. The fraction of sp³-hybridized carbons (Fsp3) is 0.476. The van der Waals surface area contributed by atoms with Gasteiger partial charge in [0.2, 0.25) is 0 Å². The molecule has 1 aromatic heterocycles. The molecule has 2 heterocycles. The van der Waals surface area contributed by atoms with Crippen molar-refractivity contribution in [2.75, 3.05) is 42.3 Å². The molecule has 0 spiro atoms. The number of aromatic nitrogens is 1. The third kappa shape index (κ3) is 6.47. The van der Waals surface area contributed by atoms with Crippen LogP contribution in [0.25, 0.3) is 0 Å². The van der Waals surface area contributed by atoms with E-state index in [-0.39, 0.29) is 17.0 Å². The normalized spacial score (nSPS) is 21.2. The topological polar surface area (TPSA) is 77.7 Å². The van der Waals surface area contributed by atoms with Crippen LogP contribution in [0.15, 0.2) is 30.5 Å². The average Bonchev–Trinajstić information content (AvgIpc) is 2.71. The number of hydrogen-bond acceptors (Lipinski definition) is 6. The van der Waals surface area contributed by atoms with Gasteiger partial charge in [-0.2, -0.15) is 13.2 Å². The first-order valence-corrected chi connectivity index (χ1v) is 11.4. The van der Waals surface area contributed by atoms with Gasteiger partial charge in [-0.05, 0) is 30.4 Å². The molecule has 1 aromatic carbocycles. The fourth-order valence-electron chi connectivity index (χ4n) is 3.54. The van der Waals surface area contributed by atoms with Crippen molar-refractivity contribution in [2.45, 2.75) is 25.9 Å². The SMILES string of the molecule is CN(CC1(C)CCS(=O)CC1)c1cc(Oc2ncc(F)cc2OCC(F)(F)F)ccc1N. The minimum atomic E-state index is -4.59. The van der Waals surface area contributed by atoms with Gasteiger partial charge in [0, 0.05) is 48.0 Å². The van der Waals surface area contributed by atoms with E-state index in [1.54, 1.807) is 12.1 Å². The fourth-order valence-corrected chi connectivity index (χ4v) is 5.19. The molecule has 6 nitrogen and oxygen atoms in total. The average molecular weight is 476 g/mol. The number of pyridine rings is 1. The highest BCUT2D eigenvalue weighted by atomic mass is 32.2. The number of benzene rings is 1. The Morgan fingerprint density at radius 3 is 2.59 bits per heavy atom. The van der Waals surface area contributed by atoms with E-state index in [1.807, 2.05) is 11.9 Å². The maximum absolute atomic E-state index is 13.5. The molecule has 11 heteroatoms. The van der Waals surface area contributed by atoms with Gasteiger partial charge in [0.15, 0.2) is 12.4 Å². The predicted octanol–water partition coefficient (Wildman–Crippen LogP) is 4.52. The van der Waals surface area contributed by atoms with Gasteiger partial charge >= 0.3 is 6.18 Å². The van der Waals surface area contributed by atoms with Crippen molar-refractivity contribution in [3.8, 4) is 17.4 Å². The first-order chi connectivity index (χ1) is 14.9. The molecule has 1 aliphatic rings. The van der Waals surface area contributed by atoms with Crippen LogP contribution in [0.2, 0.25) is 0 Å². The van der Waals surface area contributed by atoms with Gasteiger partial charge in [-0.15, -0.1) is 0 Å². The Hall–Kier alpha value is -2.56. The summed E-state index contributed by atoms with van der Waals surface area (Å²) >= 11 is 0. The largest absolute Gasteiger partial charge is 0.478 e. The maximum Gasteiger partial charge on any atom is 0.422 e. The third-order valence-electron chi connectivity index (χ3n) is 5.29. The van der Waals surface area contributed by atoms with Gasteiger partial charge in [0.05, 0.1) is 17.6 Å². The van der Waals surface area contributed by atoms with Crippen molar-refractivity contribution < 1.29 is 31.2 Å². The van der Waals surface area contributed by atoms with Gasteiger partial charge in [-0.3, -0.25) is 4.21 Å². The first-order valence-electron chi connectivity index (χ1n) is 9.93. The van der Waals surface area contributed by atoms with Crippen molar-refractivity contribution in [1.29, 1.82) is 0 Å². The molecule has 2 N–H and O–H groups in total. The molecule has 0 aliphatic carbocycles. The second kappa shape index (κ2) is 9.51. The lowest BCUT2D eigenvalue weighted by atomic mass is 9.83. The molecule has 176 valence electrons. The van der Waals surface area contributed by atoms with Crippen molar-refractivity contribution in [1.82, 2.24) is 4.98 Å². The Balaban J connectivity index is 1.78. The van der Waals surface area contributed by atoms with Crippen LogP contribution in [0.5, 0.6) is 17.4 Å². The second-order valence-corrected chi connectivity index (χ2v) is 9.89. The van der Waals surface area contributed by atoms with Crippen LogP contribution in [0.3, 0.4) is 0 Å². The molecular weight excluding hydrogens is 450 g/mol. The van der Waals surface area contributed by atoms with Crippen molar-refractivity contribution in [2.24, 2.45) is 5.41 Å². The molecule has 0 unspecified atom stereocenters. The number of anilines is 2. The van der Waals surface area contributed by atoms with E-state index >= 15 is 0 Å². The Kier molecular flexibility index (Phi) is 7.16. The van der Waals surface area contributed by atoms with Crippen LogP contribution in [-0.2, 0) is 10.8 Å². The first kappa shape index (κ1) is 24.1. The lowest BCUT2D eigenvalue weighted by Gasteiger charge is -2.37. The minimum Gasteiger partial charge on any atom is -0.478 e. The Labute approximate surface area is 186 Å². The van der Waals surface area contributed by atoms with Crippen molar-refractivity contribution >= 4 is 22.2 Å². The monoisotopic (exact) mass is 475 g/mol. The van der Waals surface area contributed by atoms with E-state index in [1.165, 1.54) is 6.07 Å². The van der Waals surface area contributed by atoms with Crippen LogP contribution in [0.4, 0.5) is 28.9 Å². The highest BCUT2D eigenvalue weighted by molar-refractivity contribution is 7.85. The predicted molar refractivity (Wildman–Crippen MR) is 115 cm³/mol. The van der Waals surface area contributed by atoms with Crippen LogP contribution < -0.4 is 20.1 Å². The summed E-state index contributed by atoms with van der Waals surface area (Å²) in [5.41, 5.74) is 7.27. The number of hydrogen-bond donors (Lipinski definition) is 1. The van der Waals surface area contributed by atoms with Crippen LogP contribution in [0, 0.1) is 11.2 Å². The van der Waals surface area contributed by atoms with Gasteiger partial charge in [-0.25, -0.2) is 9.37 Å². The summed E-state index contributed by atoms with van der Waals surface area (Å²) in [6.45, 7) is 1.21. The summed E-state index contributed by atoms with van der Waals surface area (Å²) < 4.78 is 73.0. The van der Waals surface area contributed by atoms with E-state index in [9.17, 15) is 21.8 Å². The Morgan fingerprint density at radius 1 is 1.25 bits per heavy atom. The van der Waals surface area contributed by atoms with E-state index in [4.69, 9.17) is 10.5 Å². The standard InChI is InChI=1S/C21H25F4N3O3S/c1-20(5-7-32(29)8-6-20)12-28(2)17-10-15(3-4-16(17)26)31-19-18(9-14(22)11-27-19)30-13-21(23,24)25/h3-4,9-11H,5-8,12-13,26H2,1-2H3. The molecule has 3 rings (SSSR count). The molecule has 32 heavy (non-hydrogen) atoms. The highest BCUT2D eigenvalue weighted by Crippen LogP contribution is 2.37. The lowest BCUT2D eigenvalue weighted by molar-refractivity contribution is -0.153. The van der Waals surface area contributed by atoms with Crippen LogP contribution in [-0.4, -0.2) is 47.1 Å². The van der Waals surface area contributed by atoms with E-state index in [0.717, 1.165) is 25.1 Å². The zero-order valence-corrected chi connectivity index (χ0v) is 18.6. The molecule has 1 fully saturated rings. The summed E-state index contributed by atoms with van der Waals surface area (Å²) in [5, 5.41) is 0. The molecule has 2 aromatic rings. The number of nitrogen functional groups attached to an aromatic ring is 1. The lowest BCUT2D eigenvalue weighted by Crippen LogP contribution is -2.38. The van der Waals surface area contributed by atoms with E-state index < -0.39 is 35.1 Å². The quantitative estimate of drug-likeness (QED) is 0.469. The molecular formula is C21H25F4N3O3S. The third-order valence-corrected chi connectivity index (χ3v) is 6.61.